The summed E-state index contributed by atoms with van der Waals surface area (Å²) in [5, 5.41) is 3.54. The van der Waals surface area contributed by atoms with Crippen LogP contribution in [0.2, 0.25) is 0 Å². The predicted molar refractivity (Wildman–Crippen MR) is 60.2 cm³/mol. The Balaban J connectivity index is 3.21. The molecule has 1 atom stereocenters. The van der Waals surface area contributed by atoms with Crippen molar-refractivity contribution in [2.45, 2.75) is 46.1 Å². The normalized spacial score (nSPS) is 13.6. The summed E-state index contributed by atoms with van der Waals surface area (Å²) in [4.78, 5) is 2.33. The van der Waals surface area contributed by atoms with Gasteiger partial charge in [0.2, 0.25) is 0 Å². The van der Waals surface area contributed by atoms with E-state index in [9.17, 15) is 0 Å². The molecule has 0 saturated heterocycles. The smallest absolute Gasteiger partial charge is 0.0104 e. The number of nitrogens with one attached hydrogen (secondary N) is 1. The molecule has 0 aliphatic rings. The molecule has 0 spiro atoms. The van der Waals surface area contributed by atoms with Crippen LogP contribution in [0, 0.1) is 0 Å². The topological polar surface area (TPSA) is 15.3 Å². The Bertz CT molecular complexity index is 104. The van der Waals surface area contributed by atoms with Gasteiger partial charge in [-0.2, -0.15) is 0 Å². The van der Waals surface area contributed by atoms with Gasteiger partial charge in [-0.3, -0.25) is 0 Å². The average Bonchev–Trinajstić information content (AvgIpc) is 2.14. The van der Waals surface area contributed by atoms with E-state index in [2.05, 4.69) is 38.0 Å². The summed E-state index contributed by atoms with van der Waals surface area (Å²) in [6.45, 7) is 10.1. The lowest BCUT2D eigenvalue weighted by Gasteiger charge is -2.17. The standard InChI is InChI=1S/C11H26N2/c1-5-7-8-11(3)12-9-10-13(4)6-2/h11-12H,5-10H2,1-4H3. The summed E-state index contributed by atoms with van der Waals surface area (Å²) in [6, 6.07) is 0.685. The molecule has 13 heavy (non-hydrogen) atoms. The maximum atomic E-state index is 3.54. The van der Waals surface area contributed by atoms with E-state index in [1.165, 1.54) is 19.3 Å². The molecule has 0 aliphatic heterocycles. The molecule has 0 fully saturated rings. The molecule has 0 rings (SSSR count). The third-order valence-corrected chi connectivity index (χ3v) is 2.52. The van der Waals surface area contributed by atoms with E-state index in [1.807, 2.05) is 0 Å². The van der Waals surface area contributed by atoms with Crippen LogP contribution >= 0.6 is 0 Å². The van der Waals surface area contributed by atoms with Gasteiger partial charge in [0, 0.05) is 19.1 Å². The van der Waals surface area contributed by atoms with Crippen molar-refractivity contribution in [2.75, 3.05) is 26.7 Å². The molecule has 0 amide bonds. The van der Waals surface area contributed by atoms with Crippen molar-refractivity contribution < 1.29 is 0 Å². The minimum atomic E-state index is 0.685. The van der Waals surface area contributed by atoms with E-state index >= 15 is 0 Å². The Morgan fingerprint density at radius 3 is 2.54 bits per heavy atom. The van der Waals surface area contributed by atoms with Crippen molar-refractivity contribution in [1.29, 1.82) is 0 Å². The number of likely N-dealkylation sites (N-methyl/N-ethyl adjacent to an activating group) is 1. The number of nitrogens with zero attached hydrogens (tertiary/aromatic N) is 1. The van der Waals surface area contributed by atoms with Crippen molar-refractivity contribution in [3.05, 3.63) is 0 Å². The van der Waals surface area contributed by atoms with E-state index < -0.39 is 0 Å². The highest BCUT2D eigenvalue weighted by atomic mass is 15.1. The summed E-state index contributed by atoms with van der Waals surface area (Å²) < 4.78 is 0. The highest BCUT2D eigenvalue weighted by molar-refractivity contribution is 4.61. The van der Waals surface area contributed by atoms with E-state index in [0.29, 0.717) is 6.04 Å². The quantitative estimate of drug-likeness (QED) is 0.624. The van der Waals surface area contributed by atoms with Crippen LogP contribution in [0.4, 0.5) is 0 Å². The van der Waals surface area contributed by atoms with Crippen LogP contribution in [0.3, 0.4) is 0 Å². The minimum absolute atomic E-state index is 0.685. The highest BCUT2D eigenvalue weighted by Gasteiger charge is 2.00. The van der Waals surface area contributed by atoms with E-state index in [-0.39, 0.29) is 0 Å². The van der Waals surface area contributed by atoms with Gasteiger partial charge in [-0.05, 0) is 26.9 Å². The van der Waals surface area contributed by atoms with Gasteiger partial charge < -0.3 is 10.2 Å². The number of rotatable bonds is 8. The lowest BCUT2D eigenvalue weighted by Crippen LogP contribution is -2.34. The molecule has 1 unspecified atom stereocenters. The van der Waals surface area contributed by atoms with Crippen LogP contribution in [-0.2, 0) is 0 Å². The van der Waals surface area contributed by atoms with Gasteiger partial charge >= 0.3 is 0 Å². The lowest BCUT2D eigenvalue weighted by atomic mass is 10.1. The SMILES string of the molecule is CCCCC(C)NCCN(C)CC. The van der Waals surface area contributed by atoms with Gasteiger partial charge in [-0.25, -0.2) is 0 Å². The first-order valence-corrected chi connectivity index (χ1v) is 5.62. The van der Waals surface area contributed by atoms with Gasteiger partial charge in [-0.15, -0.1) is 0 Å². The molecule has 80 valence electrons. The van der Waals surface area contributed by atoms with Crippen molar-refractivity contribution in [3.8, 4) is 0 Å². The summed E-state index contributed by atoms with van der Waals surface area (Å²) in [6.07, 6.45) is 3.96. The molecule has 1 N–H and O–H groups in total. The molecule has 0 heterocycles. The zero-order chi connectivity index (χ0) is 10.1. The minimum Gasteiger partial charge on any atom is -0.313 e. The maximum absolute atomic E-state index is 3.54. The van der Waals surface area contributed by atoms with Crippen LogP contribution in [-0.4, -0.2) is 37.6 Å². The fraction of sp³-hybridized carbons (Fsp3) is 1.00. The Kier molecular flexibility index (Phi) is 8.46. The lowest BCUT2D eigenvalue weighted by molar-refractivity contribution is 0.338. The Morgan fingerprint density at radius 2 is 2.00 bits per heavy atom. The molecule has 0 aromatic heterocycles. The van der Waals surface area contributed by atoms with Crippen molar-refractivity contribution in [2.24, 2.45) is 0 Å². The maximum Gasteiger partial charge on any atom is 0.0104 e. The second kappa shape index (κ2) is 8.52. The molecule has 2 heteroatoms. The van der Waals surface area contributed by atoms with Crippen LogP contribution < -0.4 is 5.32 Å². The molecule has 0 radical (unpaired) electrons. The molecular weight excluding hydrogens is 160 g/mol. The van der Waals surface area contributed by atoms with Crippen molar-refractivity contribution in [3.63, 3.8) is 0 Å². The van der Waals surface area contributed by atoms with Crippen LogP contribution in [0.15, 0.2) is 0 Å². The number of hydrogen-bond donors (Lipinski definition) is 1. The monoisotopic (exact) mass is 186 g/mol. The van der Waals surface area contributed by atoms with Gasteiger partial charge in [0.25, 0.3) is 0 Å². The van der Waals surface area contributed by atoms with Gasteiger partial charge in [0.15, 0.2) is 0 Å². The second-order valence-corrected chi connectivity index (χ2v) is 3.89. The van der Waals surface area contributed by atoms with Crippen LogP contribution in [0.25, 0.3) is 0 Å². The fourth-order valence-corrected chi connectivity index (χ4v) is 1.27. The number of hydrogen-bond acceptors (Lipinski definition) is 2. The molecule has 0 bridgehead atoms. The Labute approximate surface area is 83.7 Å². The largest absolute Gasteiger partial charge is 0.313 e. The summed E-state index contributed by atoms with van der Waals surface area (Å²) in [7, 11) is 2.17. The zero-order valence-corrected chi connectivity index (χ0v) is 9.77. The third kappa shape index (κ3) is 8.26. The highest BCUT2D eigenvalue weighted by Crippen LogP contribution is 1.98. The van der Waals surface area contributed by atoms with E-state index in [0.717, 1.165) is 19.6 Å². The fourth-order valence-electron chi connectivity index (χ4n) is 1.27. The third-order valence-electron chi connectivity index (χ3n) is 2.52. The first kappa shape index (κ1) is 12.9. The molecule has 0 aromatic carbocycles. The summed E-state index contributed by atoms with van der Waals surface area (Å²) >= 11 is 0. The first-order valence-electron chi connectivity index (χ1n) is 5.62. The van der Waals surface area contributed by atoms with Crippen LogP contribution in [0.1, 0.15) is 40.0 Å². The predicted octanol–water partition coefficient (Wildman–Crippen LogP) is 2.11. The summed E-state index contributed by atoms with van der Waals surface area (Å²) in [5.74, 6) is 0. The van der Waals surface area contributed by atoms with E-state index in [1.54, 1.807) is 0 Å². The Hall–Kier alpha value is -0.0800. The molecule has 0 aliphatic carbocycles. The van der Waals surface area contributed by atoms with E-state index in [4.69, 9.17) is 0 Å². The number of unbranched alkanes of at least 4 members (excludes halogenated alkanes) is 1. The van der Waals surface area contributed by atoms with Gasteiger partial charge in [-0.1, -0.05) is 26.7 Å². The van der Waals surface area contributed by atoms with Gasteiger partial charge in [0.05, 0.1) is 0 Å². The van der Waals surface area contributed by atoms with Gasteiger partial charge in [0.1, 0.15) is 0 Å². The molecule has 2 nitrogen and oxygen atoms in total. The zero-order valence-electron chi connectivity index (χ0n) is 9.77. The Morgan fingerprint density at radius 1 is 1.31 bits per heavy atom. The van der Waals surface area contributed by atoms with Crippen molar-refractivity contribution >= 4 is 0 Å². The second-order valence-electron chi connectivity index (χ2n) is 3.89. The average molecular weight is 186 g/mol. The molecular formula is C11H26N2. The first-order chi connectivity index (χ1) is 6.20. The summed E-state index contributed by atoms with van der Waals surface area (Å²) in [5.41, 5.74) is 0. The molecule has 0 saturated carbocycles. The van der Waals surface area contributed by atoms with Crippen LogP contribution in [0.5, 0.6) is 0 Å². The molecule has 0 aromatic rings. The van der Waals surface area contributed by atoms with Crippen molar-refractivity contribution in [1.82, 2.24) is 10.2 Å².